The molecule has 46 heavy (non-hydrogen) atoms. The maximum absolute atomic E-state index is 14.7. The molecular weight excluding hydrogens is 633 g/mol. The zero-order chi connectivity index (χ0) is 32.4. The largest absolute Gasteiger partial charge is 0.494 e. The summed E-state index contributed by atoms with van der Waals surface area (Å²) in [5.41, 5.74) is 3.67. The SMILES string of the molecule is COc1cc(N2CCN([C@@H]3CCN(C)C[C@@H]3F)CC2)ccc1Nc1ncc(Cl)c(Nc2ccc3nccnc3c2CS(C)(=O)=O)n1. The van der Waals surface area contributed by atoms with Gasteiger partial charge in [0.05, 0.1) is 35.8 Å². The maximum atomic E-state index is 14.7. The van der Waals surface area contributed by atoms with Crippen LogP contribution in [0, 0.1) is 0 Å². The normalized spacial score (nSPS) is 19.7. The predicted molar refractivity (Wildman–Crippen MR) is 179 cm³/mol. The third-order valence-corrected chi connectivity index (χ3v) is 9.53. The first-order chi connectivity index (χ1) is 22.1. The summed E-state index contributed by atoms with van der Waals surface area (Å²) >= 11 is 6.47. The Morgan fingerprint density at radius 2 is 1.78 bits per heavy atom. The fraction of sp³-hybridized carbons (Fsp3) is 0.419. The molecule has 2 aromatic carbocycles. The highest BCUT2D eigenvalue weighted by atomic mass is 35.5. The van der Waals surface area contributed by atoms with E-state index in [4.69, 9.17) is 16.3 Å². The van der Waals surface area contributed by atoms with Crippen LogP contribution in [0.3, 0.4) is 0 Å². The van der Waals surface area contributed by atoms with Crippen LogP contribution in [0.25, 0.3) is 11.0 Å². The van der Waals surface area contributed by atoms with Crippen LogP contribution in [-0.4, -0.2) is 110 Å². The molecule has 0 aliphatic carbocycles. The van der Waals surface area contributed by atoms with Crippen LogP contribution in [0.5, 0.6) is 5.75 Å². The second-order valence-corrected chi connectivity index (χ2v) is 14.3. The van der Waals surface area contributed by atoms with Crippen molar-refractivity contribution in [3.05, 3.63) is 59.5 Å². The number of nitrogens with one attached hydrogen (secondary N) is 2. The monoisotopic (exact) mass is 669 g/mol. The number of piperazine rings is 1. The van der Waals surface area contributed by atoms with Crippen molar-refractivity contribution in [3.63, 3.8) is 0 Å². The number of halogens is 2. The molecule has 2 atom stereocenters. The lowest BCUT2D eigenvalue weighted by molar-refractivity contribution is 0.0405. The highest BCUT2D eigenvalue weighted by molar-refractivity contribution is 7.89. The Labute approximate surface area is 272 Å². The molecule has 4 aromatic rings. The lowest BCUT2D eigenvalue weighted by Gasteiger charge is -2.44. The molecule has 0 bridgehead atoms. The highest BCUT2D eigenvalue weighted by Crippen LogP contribution is 2.34. The summed E-state index contributed by atoms with van der Waals surface area (Å²) < 4.78 is 45.0. The Morgan fingerprint density at radius 3 is 2.52 bits per heavy atom. The highest BCUT2D eigenvalue weighted by Gasteiger charge is 2.34. The van der Waals surface area contributed by atoms with Crippen LogP contribution in [0.4, 0.5) is 33.2 Å². The first-order valence-electron chi connectivity index (χ1n) is 15.0. The zero-order valence-corrected chi connectivity index (χ0v) is 27.5. The van der Waals surface area contributed by atoms with Gasteiger partial charge in [0, 0.05) is 80.4 Å². The van der Waals surface area contributed by atoms with E-state index in [0.717, 1.165) is 44.8 Å². The van der Waals surface area contributed by atoms with Crippen LogP contribution >= 0.6 is 11.6 Å². The van der Waals surface area contributed by atoms with Gasteiger partial charge in [0.1, 0.15) is 16.9 Å². The van der Waals surface area contributed by atoms with Gasteiger partial charge in [-0.3, -0.25) is 14.9 Å². The number of anilines is 5. The summed E-state index contributed by atoms with van der Waals surface area (Å²) in [4.78, 5) is 24.2. The molecule has 0 saturated carbocycles. The molecule has 4 heterocycles. The number of sulfone groups is 1. The summed E-state index contributed by atoms with van der Waals surface area (Å²) in [5.74, 6) is 0.906. The molecule has 0 unspecified atom stereocenters. The van der Waals surface area contributed by atoms with Gasteiger partial charge in [-0.1, -0.05) is 11.6 Å². The van der Waals surface area contributed by atoms with Crippen molar-refractivity contribution < 1.29 is 17.5 Å². The molecule has 2 aliphatic heterocycles. The van der Waals surface area contributed by atoms with Crippen molar-refractivity contribution in [1.29, 1.82) is 0 Å². The number of likely N-dealkylation sites (tertiary alicyclic amines) is 1. The van der Waals surface area contributed by atoms with Crippen LogP contribution in [0.15, 0.2) is 48.9 Å². The van der Waals surface area contributed by atoms with Crippen molar-refractivity contribution >= 4 is 61.3 Å². The molecule has 12 nitrogen and oxygen atoms in total. The molecular formula is C31H37ClFN9O3S. The van der Waals surface area contributed by atoms with Crippen molar-refractivity contribution in [1.82, 2.24) is 29.7 Å². The summed E-state index contributed by atoms with van der Waals surface area (Å²) in [6.07, 6.45) is 5.74. The van der Waals surface area contributed by atoms with Gasteiger partial charge in [0.25, 0.3) is 0 Å². The van der Waals surface area contributed by atoms with E-state index in [1.54, 1.807) is 25.4 Å². The number of piperidine rings is 1. The van der Waals surface area contributed by atoms with Gasteiger partial charge in [-0.15, -0.1) is 0 Å². The molecule has 0 spiro atoms. The number of fused-ring (bicyclic) bond motifs is 1. The summed E-state index contributed by atoms with van der Waals surface area (Å²) in [5, 5.41) is 6.63. The van der Waals surface area contributed by atoms with Gasteiger partial charge in [-0.25, -0.2) is 17.8 Å². The van der Waals surface area contributed by atoms with E-state index < -0.39 is 16.0 Å². The molecule has 2 aliphatic rings. The van der Waals surface area contributed by atoms with Gasteiger partial charge >= 0.3 is 0 Å². The predicted octanol–water partition coefficient (Wildman–Crippen LogP) is 4.28. The summed E-state index contributed by atoms with van der Waals surface area (Å²) in [6.45, 7) is 4.63. The smallest absolute Gasteiger partial charge is 0.229 e. The number of hydrogen-bond donors (Lipinski definition) is 2. The Kier molecular flexibility index (Phi) is 9.41. The summed E-state index contributed by atoms with van der Waals surface area (Å²) in [7, 11) is 0.181. The first-order valence-corrected chi connectivity index (χ1v) is 17.5. The Bertz CT molecular complexity index is 1820. The molecule has 2 aromatic heterocycles. The number of hydrogen-bond acceptors (Lipinski definition) is 12. The van der Waals surface area contributed by atoms with E-state index in [9.17, 15) is 12.8 Å². The van der Waals surface area contributed by atoms with Gasteiger partial charge in [0.2, 0.25) is 5.95 Å². The fourth-order valence-corrected chi connectivity index (χ4v) is 7.08. The third-order valence-electron chi connectivity index (χ3n) is 8.44. The number of benzene rings is 2. The Morgan fingerprint density at radius 1 is 1.02 bits per heavy atom. The van der Waals surface area contributed by atoms with Gasteiger partial charge < -0.3 is 25.2 Å². The van der Waals surface area contributed by atoms with Crippen LogP contribution in [0.2, 0.25) is 5.02 Å². The average molecular weight is 670 g/mol. The average Bonchev–Trinajstić information content (AvgIpc) is 3.03. The van der Waals surface area contributed by atoms with E-state index in [0.29, 0.717) is 40.3 Å². The number of alkyl halides is 1. The second kappa shape index (κ2) is 13.5. The zero-order valence-electron chi connectivity index (χ0n) is 25.9. The summed E-state index contributed by atoms with van der Waals surface area (Å²) in [6, 6.07) is 9.36. The molecule has 15 heteroatoms. The van der Waals surface area contributed by atoms with Gasteiger partial charge in [-0.2, -0.15) is 4.98 Å². The van der Waals surface area contributed by atoms with Crippen LogP contribution in [-0.2, 0) is 15.6 Å². The number of methoxy groups -OCH3 is 1. The van der Waals surface area contributed by atoms with Crippen molar-refractivity contribution in [2.75, 3.05) is 75.2 Å². The maximum Gasteiger partial charge on any atom is 0.229 e. The van der Waals surface area contributed by atoms with Crippen LogP contribution < -0.4 is 20.3 Å². The van der Waals surface area contributed by atoms with Gasteiger partial charge in [0.15, 0.2) is 15.7 Å². The van der Waals surface area contributed by atoms with Crippen molar-refractivity contribution in [2.45, 2.75) is 24.4 Å². The quantitative estimate of drug-likeness (QED) is 0.264. The van der Waals surface area contributed by atoms with E-state index in [1.807, 2.05) is 25.2 Å². The fourth-order valence-electron chi connectivity index (χ4n) is 6.13. The molecule has 6 rings (SSSR count). The molecule has 2 fully saturated rings. The van der Waals surface area contributed by atoms with Gasteiger partial charge in [-0.05, 0) is 44.3 Å². The Balaban J connectivity index is 1.18. The standard InChI is InChI=1S/C31H37ClFN9O3S/c1-40-11-8-27(23(33)18-40)42-14-12-41(13-15-42)20-4-5-25(28(16-20)45-2)38-31-36-17-22(32)30(39-31)37-24-6-7-26-29(35-10-9-34-26)21(24)19-46(3,43)44/h4-7,9-10,16-17,23,27H,8,11-15,18-19H2,1-3H3,(H2,36,37,38,39)/t23-,27+/m0/s1. The minimum absolute atomic E-state index is 0.0144. The Hall–Kier alpha value is -3.85. The lowest BCUT2D eigenvalue weighted by atomic mass is 10.0. The first kappa shape index (κ1) is 32.1. The van der Waals surface area contributed by atoms with Crippen molar-refractivity contribution in [2.24, 2.45) is 0 Å². The van der Waals surface area contributed by atoms with Crippen molar-refractivity contribution in [3.8, 4) is 5.75 Å². The molecule has 2 saturated heterocycles. The van der Waals surface area contributed by atoms with E-state index >= 15 is 0 Å². The number of rotatable bonds is 9. The van der Waals surface area contributed by atoms with Crippen LogP contribution in [0.1, 0.15) is 12.0 Å². The number of nitrogens with zero attached hydrogens (tertiary/aromatic N) is 7. The molecule has 0 radical (unpaired) electrons. The molecule has 0 amide bonds. The van der Waals surface area contributed by atoms with E-state index in [2.05, 4.69) is 45.3 Å². The second-order valence-electron chi connectivity index (χ2n) is 11.8. The topological polar surface area (TPSA) is 129 Å². The minimum atomic E-state index is -3.40. The minimum Gasteiger partial charge on any atom is -0.494 e. The third kappa shape index (κ3) is 7.25. The van der Waals surface area contributed by atoms with E-state index in [1.165, 1.54) is 18.6 Å². The number of aromatic nitrogens is 4. The number of ether oxygens (including phenoxy) is 1. The van der Waals surface area contributed by atoms with E-state index in [-0.39, 0.29) is 28.6 Å². The molecule has 244 valence electrons. The molecule has 2 N–H and O–H groups in total. The lowest BCUT2D eigenvalue weighted by Crippen LogP contribution is -2.57.